The quantitative estimate of drug-likeness (QED) is 0.589. The van der Waals surface area contributed by atoms with Gasteiger partial charge in [-0.25, -0.2) is 0 Å². The average Bonchev–Trinajstić information content (AvgIpc) is 2.22. The Bertz CT molecular complexity index is 264. The molecule has 0 aromatic heterocycles. The van der Waals surface area contributed by atoms with Crippen molar-refractivity contribution in [2.24, 2.45) is 28.0 Å². The second-order valence-electron chi connectivity index (χ2n) is 8.03. The molecule has 3 atom stereocenters. The minimum atomic E-state index is -0.488. The van der Waals surface area contributed by atoms with E-state index in [0.29, 0.717) is 6.54 Å². The van der Waals surface area contributed by atoms with Gasteiger partial charge in [0.2, 0.25) is 0 Å². The van der Waals surface area contributed by atoms with Crippen molar-refractivity contribution in [3.8, 4) is 0 Å². The van der Waals surface area contributed by atoms with E-state index in [9.17, 15) is 0 Å². The lowest BCUT2D eigenvalue weighted by atomic mass is 9.65. The minimum absolute atomic E-state index is 0.0914. The second kappa shape index (κ2) is 6.53. The highest BCUT2D eigenvalue weighted by atomic mass is 15.0. The number of nitrogens with one attached hydrogen (secondary N) is 1. The van der Waals surface area contributed by atoms with Crippen molar-refractivity contribution < 1.29 is 0 Å². The lowest BCUT2D eigenvalue weighted by Gasteiger charge is -2.50. The Morgan fingerprint density at radius 1 is 1.05 bits per heavy atom. The summed E-state index contributed by atoms with van der Waals surface area (Å²) in [5, 5.41) is 3.56. The number of hydrogen-bond acceptors (Lipinski definition) is 4. The molecular weight excluding hydrogens is 236 g/mol. The van der Waals surface area contributed by atoms with Gasteiger partial charge < -0.3 is 22.5 Å². The van der Waals surface area contributed by atoms with Gasteiger partial charge in [-0.1, -0.05) is 41.5 Å². The van der Waals surface area contributed by atoms with E-state index in [4.69, 9.17) is 17.2 Å². The van der Waals surface area contributed by atoms with Crippen LogP contribution in [-0.4, -0.2) is 30.7 Å². The average molecular weight is 272 g/mol. The molecule has 0 saturated carbocycles. The first-order valence-electron chi connectivity index (χ1n) is 7.34. The van der Waals surface area contributed by atoms with Crippen LogP contribution in [0.3, 0.4) is 0 Å². The Hall–Kier alpha value is -0.160. The number of nitrogens with two attached hydrogens (primary N) is 3. The van der Waals surface area contributed by atoms with Gasteiger partial charge in [0.25, 0.3) is 0 Å². The van der Waals surface area contributed by atoms with Gasteiger partial charge in [0.15, 0.2) is 0 Å². The Morgan fingerprint density at radius 2 is 1.53 bits per heavy atom. The maximum Gasteiger partial charge on any atom is 0.0510 e. The molecule has 116 valence electrons. The van der Waals surface area contributed by atoms with Crippen LogP contribution in [0.2, 0.25) is 0 Å². The predicted molar refractivity (Wildman–Crippen MR) is 84.9 cm³/mol. The normalized spacial score (nSPS) is 19.9. The lowest BCUT2D eigenvalue weighted by molar-refractivity contribution is 0.100. The Kier molecular flexibility index (Phi) is 6.47. The Morgan fingerprint density at radius 3 is 1.84 bits per heavy atom. The van der Waals surface area contributed by atoms with Crippen molar-refractivity contribution in [1.82, 2.24) is 5.32 Å². The van der Waals surface area contributed by atoms with E-state index in [2.05, 4.69) is 53.8 Å². The fourth-order valence-electron chi connectivity index (χ4n) is 2.57. The van der Waals surface area contributed by atoms with Crippen molar-refractivity contribution in [1.29, 1.82) is 0 Å². The summed E-state index contributed by atoms with van der Waals surface area (Å²) in [6, 6.07) is 0.0215. The fourth-order valence-corrected chi connectivity index (χ4v) is 2.57. The molecule has 0 aromatic carbocycles. The molecule has 0 fully saturated rings. The summed E-state index contributed by atoms with van der Waals surface area (Å²) >= 11 is 0. The van der Waals surface area contributed by atoms with E-state index in [1.54, 1.807) is 0 Å². The summed E-state index contributed by atoms with van der Waals surface area (Å²) in [4.78, 5) is 0. The van der Waals surface area contributed by atoms with Crippen LogP contribution in [-0.2, 0) is 0 Å². The van der Waals surface area contributed by atoms with Crippen LogP contribution in [0.1, 0.15) is 54.9 Å². The van der Waals surface area contributed by atoms with Crippen LogP contribution < -0.4 is 22.5 Å². The largest absolute Gasteiger partial charge is 0.330 e. The maximum atomic E-state index is 6.73. The van der Waals surface area contributed by atoms with Gasteiger partial charge in [-0.05, 0) is 30.7 Å². The first kappa shape index (κ1) is 18.8. The molecule has 0 saturated heterocycles. The van der Waals surface area contributed by atoms with Gasteiger partial charge in [0, 0.05) is 18.6 Å². The third kappa shape index (κ3) is 5.03. The summed E-state index contributed by atoms with van der Waals surface area (Å²) in [6.07, 6.45) is 0.745. The number of hydrogen-bond donors (Lipinski definition) is 4. The summed E-state index contributed by atoms with van der Waals surface area (Å²) in [6.45, 7) is 16.7. The van der Waals surface area contributed by atoms with Crippen molar-refractivity contribution in [3.63, 3.8) is 0 Å². The van der Waals surface area contributed by atoms with E-state index in [-0.39, 0.29) is 22.9 Å². The summed E-state index contributed by atoms with van der Waals surface area (Å²) in [7, 11) is 0. The monoisotopic (exact) mass is 272 g/mol. The van der Waals surface area contributed by atoms with E-state index in [0.717, 1.165) is 13.0 Å². The highest BCUT2D eigenvalue weighted by Crippen LogP contribution is 2.34. The zero-order valence-electron chi connectivity index (χ0n) is 14.0. The molecule has 0 aliphatic rings. The summed E-state index contributed by atoms with van der Waals surface area (Å²) in [5.41, 5.74) is 18.4. The second-order valence-corrected chi connectivity index (χ2v) is 8.03. The van der Waals surface area contributed by atoms with Crippen LogP contribution in [0, 0.1) is 10.8 Å². The molecule has 0 spiro atoms. The van der Waals surface area contributed by atoms with Gasteiger partial charge >= 0.3 is 0 Å². The predicted octanol–water partition coefficient (Wildman–Crippen LogP) is 1.43. The highest BCUT2D eigenvalue weighted by Gasteiger charge is 2.47. The van der Waals surface area contributed by atoms with Crippen LogP contribution >= 0.6 is 0 Å². The molecule has 3 unspecified atom stereocenters. The molecule has 19 heavy (non-hydrogen) atoms. The van der Waals surface area contributed by atoms with Crippen LogP contribution in [0.5, 0.6) is 0 Å². The summed E-state index contributed by atoms with van der Waals surface area (Å²) in [5.74, 6) is 0. The molecule has 4 nitrogen and oxygen atoms in total. The molecule has 0 aromatic rings. The van der Waals surface area contributed by atoms with E-state index in [1.165, 1.54) is 0 Å². The van der Waals surface area contributed by atoms with Crippen molar-refractivity contribution in [2.75, 3.05) is 13.1 Å². The molecule has 0 rings (SSSR count). The molecule has 0 bridgehead atoms. The van der Waals surface area contributed by atoms with Gasteiger partial charge in [-0.15, -0.1) is 0 Å². The lowest BCUT2D eigenvalue weighted by Crippen LogP contribution is -2.72. The number of rotatable bonds is 6. The fraction of sp³-hybridized carbons (Fsp3) is 1.00. The zero-order valence-corrected chi connectivity index (χ0v) is 14.0. The van der Waals surface area contributed by atoms with Gasteiger partial charge in [-0.3, -0.25) is 0 Å². The third-order valence-corrected chi connectivity index (χ3v) is 4.05. The third-order valence-electron chi connectivity index (χ3n) is 4.05. The van der Waals surface area contributed by atoms with E-state index in [1.807, 2.05) is 0 Å². The smallest absolute Gasteiger partial charge is 0.0510 e. The van der Waals surface area contributed by atoms with Crippen LogP contribution in [0.15, 0.2) is 0 Å². The first-order chi connectivity index (χ1) is 8.36. The molecule has 0 radical (unpaired) electrons. The van der Waals surface area contributed by atoms with Gasteiger partial charge in [0.05, 0.1) is 5.54 Å². The van der Waals surface area contributed by atoms with Crippen LogP contribution in [0.25, 0.3) is 0 Å². The molecular formula is C15H36N4. The first-order valence-corrected chi connectivity index (χ1v) is 7.34. The van der Waals surface area contributed by atoms with Crippen molar-refractivity contribution >= 4 is 0 Å². The Labute approximate surface area is 119 Å². The highest BCUT2D eigenvalue weighted by molar-refractivity contribution is 5.09. The van der Waals surface area contributed by atoms with Gasteiger partial charge in [0.1, 0.15) is 0 Å². The SMILES string of the molecule is CC(NCC(C)(C)C)C(N)(C(N)CCN)C(C)(C)C. The zero-order chi connectivity index (χ0) is 15.5. The maximum absolute atomic E-state index is 6.73. The molecule has 0 aliphatic heterocycles. The standard InChI is InChI=1S/C15H36N4/c1-11(19-10-13(2,3)4)15(18,14(5,6)7)12(17)8-9-16/h11-12,19H,8-10,16-18H2,1-7H3. The summed E-state index contributed by atoms with van der Waals surface area (Å²) < 4.78 is 0. The van der Waals surface area contributed by atoms with E-state index < -0.39 is 5.54 Å². The molecule has 0 heterocycles. The molecule has 0 amide bonds. The topological polar surface area (TPSA) is 90.1 Å². The molecule has 0 aliphatic carbocycles. The van der Waals surface area contributed by atoms with E-state index >= 15 is 0 Å². The van der Waals surface area contributed by atoms with Gasteiger partial charge in [-0.2, -0.15) is 0 Å². The minimum Gasteiger partial charge on any atom is -0.330 e. The molecule has 4 heteroatoms. The molecule has 7 N–H and O–H groups in total. The van der Waals surface area contributed by atoms with Crippen molar-refractivity contribution in [3.05, 3.63) is 0 Å². The Balaban J connectivity index is 5.05. The van der Waals surface area contributed by atoms with Crippen molar-refractivity contribution in [2.45, 2.75) is 72.5 Å². The van der Waals surface area contributed by atoms with Crippen LogP contribution in [0.4, 0.5) is 0 Å².